The number of rotatable bonds is 7. The number of nitrogens with zero attached hydrogens (tertiary/aromatic N) is 2. The first-order chi connectivity index (χ1) is 14.7. The van der Waals surface area contributed by atoms with Crippen molar-refractivity contribution < 1.29 is 14.6 Å². The van der Waals surface area contributed by atoms with Gasteiger partial charge in [-0.25, -0.2) is 0 Å². The molecule has 6 nitrogen and oxygen atoms in total. The van der Waals surface area contributed by atoms with Crippen molar-refractivity contribution in [1.29, 1.82) is 0 Å². The highest BCUT2D eigenvalue weighted by Crippen LogP contribution is 2.18. The van der Waals surface area contributed by atoms with Gasteiger partial charge >= 0.3 is 0 Å². The van der Waals surface area contributed by atoms with Crippen molar-refractivity contribution in [3.8, 4) is 0 Å². The van der Waals surface area contributed by atoms with Gasteiger partial charge in [-0.1, -0.05) is 36.4 Å². The van der Waals surface area contributed by atoms with Gasteiger partial charge in [-0.2, -0.15) is 0 Å². The van der Waals surface area contributed by atoms with Crippen LogP contribution in [0.4, 0.5) is 0 Å². The Morgan fingerprint density at radius 1 is 1.00 bits per heavy atom. The normalized spacial score (nSPS) is 18.6. The molecule has 1 unspecified atom stereocenters. The molecule has 1 amide bonds. The van der Waals surface area contributed by atoms with Crippen molar-refractivity contribution in [2.24, 2.45) is 0 Å². The highest BCUT2D eigenvalue weighted by molar-refractivity contribution is 5.94. The van der Waals surface area contributed by atoms with E-state index in [0.29, 0.717) is 12.1 Å². The first-order valence-electron chi connectivity index (χ1n) is 10.8. The molecule has 1 saturated heterocycles. The zero-order chi connectivity index (χ0) is 20.8. The molecule has 1 atom stereocenters. The monoisotopic (exact) mass is 409 g/mol. The first-order valence-corrected chi connectivity index (χ1v) is 10.8. The minimum atomic E-state index is -0.584. The number of amides is 1. The average Bonchev–Trinajstić information content (AvgIpc) is 2.78. The quantitative estimate of drug-likeness (QED) is 0.728. The third-order valence-electron chi connectivity index (χ3n) is 5.90. The van der Waals surface area contributed by atoms with E-state index in [1.807, 2.05) is 24.3 Å². The lowest BCUT2D eigenvalue weighted by molar-refractivity contribution is 0.0342. The lowest BCUT2D eigenvalue weighted by atomic mass is 10.00. The van der Waals surface area contributed by atoms with Gasteiger partial charge in [-0.15, -0.1) is 0 Å². The molecule has 6 heteroatoms. The summed E-state index contributed by atoms with van der Waals surface area (Å²) in [6.45, 7) is 6.95. The average molecular weight is 410 g/mol. The van der Waals surface area contributed by atoms with E-state index >= 15 is 0 Å². The molecule has 2 N–H and O–H groups in total. The van der Waals surface area contributed by atoms with Gasteiger partial charge in [0.25, 0.3) is 5.91 Å². The molecule has 2 aromatic carbocycles. The SMILES string of the molecule is O=C(NCC(O)CN1CCc2ccccc2C1)c1ccc(CN2CCOCC2)cc1. The number of aliphatic hydroxyl groups is 1. The molecule has 0 aliphatic carbocycles. The van der Waals surface area contributed by atoms with E-state index < -0.39 is 6.10 Å². The summed E-state index contributed by atoms with van der Waals surface area (Å²) in [6, 6.07) is 16.2. The third-order valence-corrected chi connectivity index (χ3v) is 5.90. The largest absolute Gasteiger partial charge is 0.390 e. The molecular weight excluding hydrogens is 378 g/mol. The molecule has 2 heterocycles. The van der Waals surface area contributed by atoms with Crippen molar-refractivity contribution in [3.63, 3.8) is 0 Å². The maximum atomic E-state index is 12.4. The van der Waals surface area contributed by atoms with E-state index in [1.54, 1.807) is 0 Å². The van der Waals surface area contributed by atoms with Crippen molar-refractivity contribution >= 4 is 5.91 Å². The van der Waals surface area contributed by atoms with E-state index in [0.717, 1.165) is 52.4 Å². The Balaban J connectivity index is 1.21. The molecule has 30 heavy (non-hydrogen) atoms. The predicted octanol–water partition coefficient (Wildman–Crippen LogP) is 1.67. The molecular formula is C24H31N3O3. The van der Waals surface area contributed by atoms with E-state index in [1.165, 1.54) is 16.7 Å². The Kier molecular flexibility index (Phi) is 7.12. The van der Waals surface area contributed by atoms with Crippen LogP contribution in [0.1, 0.15) is 27.0 Å². The van der Waals surface area contributed by atoms with Crippen LogP contribution in [0.15, 0.2) is 48.5 Å². The van der Waals surface area contributed by atoms with Crippen molar-refractivity contribution in [2.75, 3.05) is 45.9 Å². The number of aliphatic hydroxyl groups excluding tert-OH is 1. The summed E-state index contributed by atoms with van der Waals surface area (Å²) < 4.78 is 5.38. The minimum Gasteiger partial charge on any atom is -0.390 e. The second kappa shape index (κ2) is 10.2. The van der Waals surface area contributed by atoms with Gasteiger partial charge in [0.2, 0.25) is 0 Å². The fourth-order valence-electron chi connectivity index (χ4n) is 4.16. The second-order valence-electron chi connectivity index (χ2n) is 8.20. The lowest BCUT2D eigenvalue weighted by Crippen LogP contribution is -2.42. The maximum Gasteiger partial charge on any atom is 0.251 e. The number of carbonyl (C=O) groups excluding carboxylic acids is 1. The Hall–Kier alpha value is -2.25. The number of β-amino-alcohol motifs (C(OH)–C–C–N with tert-alkyl or cyclic N) is 1. The molecule has 2 aromatic rings. The molecule has 0 spiro atoms. The number of carbonyl (C=O) groups is 1. The molecule has 0 bridgehead atoms. The second-order valence-corrected chi connectivity index (χ2v) is 8.20. The van der Waals surface area contributed by atoms with Gasteiger partial charge in [0, 0.05) is 51.4 Å². The molecule has 2 aliphatic heterocycles. The molecule has 2 aliphatic rings. The smallest absolute Gasteiger partial charge is 0.251 e. The Bertz CT molecular complexity index is 834. The van der Waals surface area contributed by atoms with Crippen LogP contribution in [-0.2, 0) is 24.2 Å². The summed E-state index contributed by atoms with van der Waals surface area (Å²) in [4.78, 5) is 17.0. The van der Waals surface area contributed by atoms with E-state index in [4.69, 9.17) is 4.74 Å². The molecule has 0 radical (unpaired) electrons. The van der Waals surface area contributed by atoms with Gasteiger partial charge < -0.3 is 15.2 Å². The van der Waals surface area contributed by atoms with E-state index in [-0.39, 0.29) is 12.5 Å². The Morgan fingerprint density at radius 3 is 2.50 bits per heavy atom. The standard InChI is InChI=1S/C24H31N3O3/c28-23(18-27-10-9-20-3-1-2-4-22(20)17-27)15-25-24(29)21-7-5-19(6-8-21)16-26-11-13-30-14-12-26/h1-8,23,28H,9-18H2,(H,25,29). The third kappa shape index (κ3) is 5.67. The molecule has 1 fully saturated rings. The molecule has 0 aromatic heterocycles. The summed E-state index contributed by atoms with van der Waals surface area (Å²) in [7, 11) is 0. The number of ether oxygens (including phenoxy) is 1. The highest BCUT2D eigenvalue weighted by Gasteiger charge is 2.19. The van der Waals surface area contributed by atoms with Crippen LogP contribution >= 0.6 is 0 Å². The van der Waals surface area contributed by atoms with Gasteiger partial charge in [-0.05, 0) is 35.2 Å². The van der Waals surface area contributed by atoms with Gasteiger partial charge in [-0.3, -0.25) is 14.6 Å². The number of nitrogens with one attached hydrogen (secondary N) is 1. The number of fused-ring (bicyclic) bond motifs is 1. The summed E-state index contributed by atoms with van der Waals surface area (Å²) in [6.07, 6.45) is 0.422. The number of hydrogen-bond acceptors (Lipinski definition) is 5. The van der Waals surface area contributed by atoms with Gasteiger partial charge in [0.1, 0.15) is 0 Å². The summed E-state index contributed by atoms with van der Waals surface area (Å²) >= 11 is 0. The van der Waals surface area contributed by atoms with Crippen LogP contribution in [0.25, 0.3) is 0 Å². The van der Waals surface area contributed by atoms with Crippen LogP contribution < -0.4 is 5.32 Å². The first kappa shape index (κ1) is 21.0. The summed E-state index contributed by atoms with van der Waals surface area (Å²) in [5.41, 5.74) is 4.55. The zero-order valence-corrected chi connectivity index (χ0v) is 17.4. The fraction of sp³-hybridized carbons (Fsp3) is 0.458. The van der Waals surface area contributed by atoms with Crippen LogP contribution in [-0.4, -0.2) is 72.9 Å². The van der Waals surface area contributed by atoms with Crippen molar-refractivity contribution in [1.82, 2.24) is 15.1 Å². The number of morpholine rings is 1. The summed E-state index contributed by atoms with van der Waals surface area (Å²) in [5.74, 6) is -0.143. The Morgan fingerprint density at radius 2 is 1.73 bits per heavy atom. The van der Waals surface area contributed by atoms with E-state index in [9.17, 15) is 9.90 Å². The van der Waals surface area contributed by atoms with Crippen LogP contribution in [0.2, 0.25) is 0 Å². The van der Waals surface area contributed by atoms with Gasteiger partial charge in [0.05, 0.1) is 19.3 Å². The number of benzene rings is 2. The highest BCUT2D eigenvalue weighted by atomic mass is 16.5. The molecule has 0 saturated carbocycles. The lowest BCUT2D eigenvalue weighted by Gasteiger charge is -2.30. The summed E-state index contributed by atoms with van der Waals surface area (Å²) in [5, 5.41) is 13.3. The maximum absolute atomic E-state index is 12.4. The predicted molar refractivity (Wildman–Crippen MR) is 116 cm³/mol. The van der Waals surface area contributed by atoms with Crippen LogP contribution in [0, 0.1) is 0 Å². The molecule has 4 rings (SSSR count). The van der Waals surface area contributed by atoms with Crippen LogP contribution in [0.5, 0.6) is 0 Å². The van der Waals surface area contributed by atoms with E-state index in [2.05, 4.69) is 39.4 Å². The topological polar surface area (TPSA) is 65.0 Å². The van der Waals surface area contributed by atoms with Crippen LogP contribution in [0.3, 0.4) is 0 Å². The fourth-order valence-corrected chi connectivity index (χ4v) is 4.16. The molecule has 160 valence electrons. The Labute approximate surface area is 178 Å². The minimum absolute atomic E-state index is 0.143. The zero-order valence-electron chi connectivity index (χ0n) is 17.4. The van der Waals surface area contributed by atoms with Crippen molar-refractivity contribution in [3.05, 3.63) is 70.8 Å². The van der Waals surface area contributed by atoms with Gasteiger partial charge in [0.15, 0.2) is 0 Å². The van der Waals surface area contributed by atoms with Crippen molar-refractivity contribution in [2.45, 2.75) is 25.6 Å². The number of hydrogen-bond donors (Lipinski definition) is 2.